The van der Waals surface area contributed by atoms with E-state index in [1.807, 2.05) is 32.2 Å². The van der Waals surface area contributed by atoms with E-state index in [2.05, 4.69) is 18.3 Å². The molecule has 68 valence electrons. The highest BCUT2D eigenvalue weighted by Gasteiger charge is 1.98. The molecule has 0 unspecified atom stereocenters. The zero-order chi connectivity index (χ0) is 9.84. The molecule has 0 atom stereocenters. The van der Waals surface area contributed by atoms with Gasteiger partial charge in [-0.2, -0.15) is 5.10 Å². The summed E-state index contributed by atoms with van der Waals surface area (Å²) in [5, 5.41) is 4.06. The van der Waals surface area contributed by atoms with Gasteiger partial charge >= 0.3 is 0 Å². The van der Waals surface area contributed by atoms with Crippen molar-refractivity contribution >= 4 is 5.57 Å². The highest BCUT2D eigenvalue weighted by molar-refractivity contribution is 5.70. The van der Waals surface area contributed by atoms with Gasteiger partial charge in [-0.3, -0.25) is 4.68 Å². The van der Waals surface area contributed by atoms with Crippen LogP contribution in [0, 0.1) is 0 Å². The molecule has 1 aromatic rings. The van der Waals surface area contributed by atoms with E-state index in [0.717, 1.165) is 16.8 Å². The van der Waals surface area contributed by atoms with E-state index in [9.17, 15) is 0 Å². The molecule has 0 N–H and O–H groups in total. The van der Waals surface area contributed by atoms with Crippen LogP contribution in [0.4, 0.5) is 0 Å². The summed E-state index contributed by atoms with van der Waals surface area (Å²) in [4.78, 5) is 0. The maximum absolute atomic E-state index is 4.06. The fourth-order valence-electron chi connectivity index (χ4n) is 1.02. The van der Waals surface area contributed by atoms with Crippen molar-refractivity contribution in [2.24, 2.45) is 7.05 Å². The predicted octanol–water partition coefficient (Wildman–Crippen LogP) is 2.57. The van der Waals surface area contributed by atoms with Crippen LogP contribution >= 0.6 is 0 Å². The summed E-state index contributed by atoms with van der Waals surface area (Å²) in [6.07, 6.45) is 5.64. The molecule has 0 saturated carbocycles. The number of hydrogen-bond acceptors (Lipinski definition) is 1. The van der Waals surface area contributed by atoms with Gasteiger partial charge in [-0.1, -0.05) is 30.9 Å². The van der Waals surface area contributed by atoms with E-state index >= 15 is 0 Å². The van der Waals surface area contributed by atoms with Gasteiger partial charge in [-0.05, 0) is 18.6 Å². The Labute approximate surface area is 78.9 Å². The minimum absolute atomic E-state index is 0.947. The van der Waals surface area contributed by atoms with Gasteiger partial charge in [-0.15, -0.1) is 0 Å². The molecule has 0 bridgehead atoms. The van der Waals surface area contributed by atoms with Crippen molar-refractivity contribution in [2.75, 3.05) is 0 Å². The summed E-state index contributed by atoms with van der Waals surface area (Å²) in [5.41, 5.74) is 2.99. The lowest BCUT2D eigenvalue weighted by molar-refractivity contribution is 0.757. The Balaban J connectivity index is 2.81. The van der Waals surface area contributed by atoms with Crippen molar-refractivity contribution in [1.82, 2.24) is 9.78 Å². The van der Waals surface area contributed by atoms with Crippen LogP contribution in [0.3, 0.4) is 0 Å². The number of aromatic nitrogens is 2. The molecule has 0 aromatic carbocycles. The second kappa shape index (κ2) is 3.90. The second-order valence-corrected chi connectivity index (χ2v) is 3.04. The maximum Gasteiger partial charge on any atom is 0.0672 e. The lowest BCUT2D eigenvalue weighted by Crippen LogP contribution is -1.95. The monoisotopic (exact) mass is 174 g/mol. The van der Waals surface area contributed by atoms with E-state index in [0.29, 0.717) is 0 Å². The van der Waals surface area contributed by atoms with Crippen LogP contribution in [0.2, 0.25) is 0 Å². The van der Waals surface area contributed by atoms with E-state index in [1.54, 1.807) is 10.9 Å². The molecular weight excluding hydrogens is 160 g/mol. The molecule has 0 amide bonds. The first kappa shape index (κ1) is 9.52. The summed E-state index contributed by atoms with van der Waals surface area (Å²) in [6, 6.07) is 1.94. The van der Waals surface area contributed by atoms with Gasteiger partial charge in [0.05, 0.1) is 5.69 Å². The Kier molecular flexibility index (Phi) is 2.85. The second-order valence-electron chi connectivity index (χ2n) is 3.04. The van der Waals surface area contributed by atoms with Crippen LogP contribution in [-0.2, 0) is 7.05 Å². The van der Waals surface area contributed by atoms with E-state index in [-0.39, 0.29) is 0 Å². The lowest BCUT2D eigenvalue weighted by atomic mass is 10.2. The average molecular weight is 174 g/mol. The summed E-state index contributed by atoms with van der Waals surface area (Å²) < 4.78 is 1.80. The number of hydrogen-bond donors (Lipinski definition) is 0. The van der Waals surface area contributed by atoms with Gasteiger partial charge in [0.25, 0.3) is 0 Å². The van der Waals surface area contributed by atoms with Crippen molar-refractivity contribution in [3.8, 4) is 0 Å². The predicted molar refractivity (Wildman–Crippen MR) is 56.2 cm³/mol. The number of aryl methyl sites for hydroxylation is 1. The SMILES string of the molecule is C=C(C)/C=C\C(=C)c1ccnn1C. The average Bonchev–Trinajstić information content (AvgIpc) is 2.47. The molecule has 0 radical (unpaired) electrons. The quantitative estimate of drug-likeness (QED) is 0.644. The first-order valence-corrected chi connectivity index (χ1v) is 4.12. The van der Waals surface area contributed by atoms with Gasteiger partial charge in [0.2, 0.25) is 0 Å². The van der Waals surface area contributed by atoms with Gasteiger partial charge in [0.1, 0.15) is 0 Å². The Bertz CT molecular complexity index is 356. The molecule has 2 heteroatoms. The third-order valence-corrected chi connectivity index (χ3v) is 1.72. The third kappa shape index (κ3) is 2.44. The van der Waals surface area contributed by atoms with Crippen molar-refractivity contribution in [3.05, 3.63) is 48.8 Å². The summed E-state index contributed by atoms with van der Waals surface area (Å²) in [7, 11) is 1.90. The minimum Gasteiger partial charge on any atom is -0.268 e. The normalized spacial score (nSPS) is 10.6. The topological polar surface area (TPSA) is 17.8 Å². The van der Waals surface area contributed by atoms with Crippen LogP contribution in [0.25, 0.3) is 5.57 Å². The molecule has 0 saturated heterocycles. The molecule has 0 spiro atoms. The van der Waals surface area contributed by atoms with Crippen molar-refractivity contribution in [2.45, 2.75) is 6.92 Å². The molecule has 0 aliphatic carbocycles. The van der Waals surface area contributed by atoms with E-state index < -0.39 is 0 Å². The Morgan fingerprint density at radius 1 is 1.46 bits per heavy atom. The van der Waals surface area contributed by atoms with E-state index in [1.165, 1.54) is 0 Å². The molecule has 1 heterocycles. The minimum atomic E-state index is 0.947. The molecular formula is C11H14N2. The fraction of sp³-hybridized carbons (Fsp3) is 0.182. The van der Waals surface area contributed by atoms with Gasteiger partial charge in [-0.25, -0.2) is 0 Å². The Morgan fingerprint density at radius 3 is 2.62 bits per heavy atom. The third-order valence-electron chi connectivity index (χ3n) is 1.72. The molecule has 0 aliphatic rings. The van der Waals surface area contributed by atoms with Crippen LogP contribution in [0.1, 0.15) is 12.6 Å². The molecule has 0 fully saturated rings. The fourth-order valence-corrected chi connectivity index (χ4v) is 1.02. The highest BCUT2D eigenvalue weighted by Crippen LogP contribution is 2.12. The van der Waals surface area contributed by atoms with Crippen LogP contribution < -0.4 is 0 Å². The molecule has 13 heavy (non-hydrogen) atoms. The highest BCUT2D eigenvalue weighted by atomic mass is 15.3. The van der Waals surface area contributed by atoms with Gasteiger partial charge < -0.3 is 0 Å². The molecule has 2 nitrogen and oxygen atoms in total. The van der Waals surface area contributed by atoms with Crippen molar-refractivity contribution in [3.63, 3.8) is 0 Å². The molecule has 0 aliphatic heterocycles. The van der Waals surface area contributed by atoms with Crippen molar-refractivity contribution in [1.29, 1.82) is 0 Å². The number of nitrogens with zero attached hydrogens (tertiary/aromatic N) is 2. The smallest absolute Gasteiger partial charge is 0.0672 e. The standard InChI is InChI=1S/C11H14N2/c1-9(2)5-6-10(3)11-7-8-12-13(11)4/h5-8H,1,3H2,2,4H3/b6-5-. The van der Waals surface area contributed by atoms with Crippen LogP contribution in [0.15, 0.2) is 43.1 Å². The zero-order valence-corrected chi connectivity index (χ0v) is 8.12. The summed E-state index contributed by atoms with van der Waals surface area (Å²) >= 11 is 0. The lowest BCUT2D eigenvalue weighted by Gasteiger charge is -1.99. The first-order valence-electron chi connectivity index (χ1n) is 4.12. The Morgan fingerprint density at radius 2 is 2.15 bits per heavy atom. The summed E-state index contributed by atoms with van der Waals surface area (Å²) in [5.74, 6) is 0. The first-order chi connectivity index (χ1) is 6.11. The zero-order valence-electron chi connectivity index (χ0n) is 8.12. The summed E-state index contributed by atoms with van der Waals surface area (Å²) in [6.45, 7) is 9.67. The Hall–Kier alpha value is -1.57. The maximum atomic E-state index is 4.06. The van der Waals surface area contributed by atoms with Gasteiger partial charge in [0, 0.05) is 13.2 Å². The molecule has 1 rings (SSSR count). The number of rotatable bonds is 3. The molecule has 1 aromatic heterocycles. The number of allylic oxidation sites excluding steroid dienone is 4. The van der Waals surface area contributed by atoms with Gasteiger partial charge in [0.15, 0.2) is 0 Å². The van der Waals surface area contributed by atoms with Crippen LogP contribution in [0.5, 0.6) is 0 Å². The van der Waals surface area contributed by atoms with Crippen molar-refractivity contribution < 1.29 is 0 Å². The van der Waals surface area contributed by atoms with Crippen LogP contribution in [-0.4, -0.2) is 9.78 Å². The largest absolute Gasteiger partial charge is 0.268 e. The van der Waals surface area contributed by atoms with E-state index in [4.69, 9.17) is 0 Å².